The topological polar surface area (TPSA) is 163 Å². The largest absolute Gasteiger partial charge is 1.00 e. The number of ether oxygens (including phenoxy) is 9. The average Bonchev–Trinajstić information content (AvgIpc) is 4.09. The monoisotopic (exact) mass is 832 g/mol. The molecule has 3 atom stereocenters. The molecule has 14 heteroatoms. The molecule has 59 heavy (non-hydrogen) atoms. The minimum absolute atomic E-state index is 0. The molecule has 9 rings (SSSR count). The molecule has 302 valence electrons. The van der Waals surface area contributed by atoms with Gasteiger partial charge in [-0.1, -0.05) is 0 Å². The van der Waals surface area contributed by atoms with Crippen molar-refractivity contribution < 1.29 is 87.9 Å². The van der Waals surface area contributed by atoms with Crippen LogP contribution in [0.15, 0.2) is 146 Å². The molecular formula is C45H42ClNaO12. The van der Waals surface area contributed by atoms with Gasteiger partial charge in [0.05, 0.1) is 31.8 Å². The Morgan fingerprint density at radius 1 is 0.390 bits per heavy atom. The van der Waals surface area contributed by atoms with E-state index < -0.39 is 0 Å². The van der Waals surface area contributed by atoms with E-state index in [-0.39, 0.29) is 58.7 Å². The van der Waals surface area contributed by atoms with Crippen molar-refractivity contribution in [2.24, 2.45) is 0 Å². The fraction of sp³-hybridized carbons (Fsp3) is 0.200. The molecule has 3 saturated heterocycles. The molecule has 0 aromatic heterocycles. The Kier molecular flexibility index (Phi) is 17.4. The Morgan fingerprint density at radius 2 is 0.593 bits per heavy atom. The van der Waals surface area contributed by atoms with Crippen molar-refractivity contribution in [2.45, 2.75) is 18.3 Å². The van der Waals surface area contributed by atoms with Crippen LogP contribution in [0, 0.1) is 0 Å². The average molecular weight is 833 g/mol. The minimum atomic E-state index is 0. The van der Waals surface area contributed by atoms with E-state index in [2.05, 4.69) is 0 Å². The zero-order valence-electron chi connectivity index (χ0n) is 32.2. The van der Waals surface area contributed by atoms with E-state index in [4.69, 9.17) is 54.2 Å². The van der Waals surface area contributed by atoms with Crippen molar-refractivity contribution in [3.05, 3.63) is 146 Å². The predicted octanol–water partition coefficient (Wildman–Crippen LogP) is 6.96. The van der Waals surface area contributed by atoms with Crippen molar-refractivity contribution in [3.63, 3.8) is 0 Å². The van der Waals surface area contributed by atoms with Crippen LogP contribution in [0.4, 0.5) is 0 Å². The number of rotatable bonds is 15. The molecule has 3 aliphatic rings. The molecule has 6 aromatic rings. The van der Waals surface area contributed by atoms with Gasteiger partial charge in [0.25, 0.3) is 0 Å². The molecule has 3 unspecified atom stereocenters. The summed E-state index contributed by atoms with van der Waals surface area (Å²) in [6, 6.07) is 42.8. The smallest absolute Gasteiger partial charge is 0.870 e. The zero-order valence-corrected chi connectivity index (χ0v) is 35.0. The molecule has 6 aromatic carbocycles. The fourth-order valence-corrected chi connectivity index (χ4v) is 4.97. The second-order valence-corrected chi connectivity index (χ2v) is 13.2. The van der Waals surface area contributed by atoms with Gasteiger partial charge in [-0.05, 0) is 146 Å². The number of hydrogen-bond acceptors (Lipinski definition) is 12. The molecule has 3 fully saturated rings. The maximum absolute atomic E-state index is 9.23. The van der Waals surface area contributed by atoms with Gasteiger partial charge in [0.15, 0.2) is 0 Å². The molecule has 0 amide bonds. The summed E-state index contributed by atoms with van der Waals surface area (Å²) < 4.78 is 49.3. The van der Waals surface area contributed by atoms with Crippen molar-refractivity contribution in [3.8, 4) is 69.0 Å². The Labute approximate surface area is 369 Å². The van der Waals surface area contributed by atoms with Crippen LogP contribution >= 0.6 is 11.6 Å². The van der Waals surface area contributed by atoms with Gasteiger partial charge < -0.3 is 58.3 Å². The normalized spacial score (nSPS) is 16.4. The molecule has 3 N–H and O–H groups in total. The van der Waals surface area contributed by atoms with Gasteiger partial charge in [-0.25, -0.2) is 0 Å². The molecule has 0 aliphatic carbocycles. The first-order valence-corrected chi connectivity index (χ1v) is 18.8. The first-order chi connectivity index (χ1) is 27.9. The standard InChI is InChI=1S/C24H22O6.C18H14O4.C3H5ClO.Na.H2O/c1-5-19(6-2-17(1)25-13-23-15-27-23)29-21-9-11-22(12-10-21)30-20-7-3-18(4-8-20)26-14-24-16-28-24;19-13-1-5-15(6-2-13)21-17-9-11-18(12-10-17)22-16-7-3-14(20)4-8-16;4-1-3-2-5-3;;/h1-12,23-24H,13-16H2;1-12,19-20H;3H,1-2H2;;1H2/q;;;+1;/p-1. The van der Waals surface area contributed by atoms with Crippen molar-refractivity contribution in [1.29, 1.82) is 0 Å². The minimum Gasteiger partial charge on any atom is -0.870 e. The van der Waals surface area contributed by atoms with E-state index in [0.29, 0.717) is 48.2 Å². The molecule has 0 bridgehead atoms. The summed E-state index contributed by atoms with van der Waals surface area (Å²) in [7, 11) is 0. The van der Waals surface area contributed by atoms with Crippen LogP contribution in [0.2, 0.25) is 0 Å². The van der Waals surface area contributed by atoms with Crippen LogP contribution < -0.4 is 58.0 Å². The molecule has 0 radical (unpaired) electrons. The van der Waals surface area contributed by atoms with Crippen LogP contribution in [0.25, 0.3) is 0 Å². The van der Waals surface area contributed by atoms with Gasteiger partial charge in [0.1, 0.15) is 94.4 Å². The Hall–Kier alpha value is -5.15. The number of benzene rings is 6. The number of alkyl halides is 1. The summed E-state index contributed by atoms with van der Waals surface area (Å²) in [5, 5.41) is 18.5. The van der Waals surface area contributed by atoms with Crippen LogP contribution in [0.5, 0.6) is 69.0 Å². The number of phenolic OH excluding ortho intramolecular Hbond substituents is 2. The van der Waals surface area contributed by atoms with Gasteiger partial charge in [0.2, 0.25) is 0 Å². The Balaban J connectivity index is 0.000000201. The van der Waals surface area contributed by atoms with Gasteiger partial charge in [-0.3, -0.25) is 0 Å². The summed E-state index contributed by atoms with van der Waals surface area (Å²) in [5.41, 5.74) is 0. The maximum atomic E-state index is 9.23. The van der Waals surface area contributed by atoms with Crippen molar-refractivity contribution >= 4 is 11.6 Å². The van der Waals surface area contributed by atoms with Crippen LogP contribution in [0.1, 0.15) is 0 Å². The van der Waals surface area contributed by atoms with E-state index >= 15 is 0 Å². The maximum Gasteiger partial charge on any atom is 1.00 e. The number of phenols is 2. The SMILES string of the molecule is ClCC1CO1.Oc1ccc(Oc2ccc(Oc3ccc(O)cc3)cc2)cc1.[Na+].[OH-].c1cc(Oc2ccc(Oc3ccc(OCC4CO4)cc3)cc2)ccc1OCC1CO1. The van der Waals surface area contributed by atoms with Crippen molar-refractivity contribution in [2.75, 3.05) is 38.9 Å². The molecular weight excluding hydrogens is 791 g/mol. The van der Waals surface area contributed by atoms with Gasteiger partial charge in [-0.15, -0.1) is 11.6 Å². The molecule has 3 heterocycles. The summed E-state index contributed by atoms with van der Waals surface area (Å²) in [5.74, 6) is 8.24. The third-order valence-electron chi connectivity index (χ3n) is 8.16. The number of epoxide rings is 3. The van der Waals surface area contributed by atoms with E-state index in [1.54, 1.807) is 72.8 Å². The predicted molar refractivity (Wildman–Crippen MR) is 215 cm³/mol. The molecule has 12 nitrogen and oxygen atoms in total. The van der Waals surface area contributed by atoms with Gasteiger partial charge >= 0.3 is 29.6 Å². The quantitative estimate of drug-likeness (QED) is 0.0623. The second-order valence-electron chi connectivity index (χ2n) is 12.9. The zero-order chi connectivity index (χ0) is 39.2. The molecule has 3 aliphatic heterocycles. The third kappa shape index (κ3) is 16.2. The van der Waals surface area contributed by atoms with Crippen molar-refractivity contribution in [1.82, 2.24) is 0 Å². The summed E-state index contributed by atoms with van der Waals surface area (Å²) in [6.45, 7) is 3.64. The van der Waals surface area contributed by atoms with E-state index in [0.717, 1.165) is 54.3 Å². The van der Waals surface area contributed by atoms with E-state index in [1.165, 1.54) is 0 Å². The van der Waals surface area contributed by atoms with Gasteiger partial charge in [0, 0.05) is 0 Å². The molecule has 0 spiro atoms. The van der Waals surface area contributed by atoms with Crippen LogP contribution in [-0.2, 0) is 14.2 Å². The second kappa shape index (κ2) is 22.9. The van der Waals surface area contributed by atoms with E-state index in [9.17, 15) is 10.2 Å². The Bertz CT molecular complexity index is 1940. The van der Waals surface area contributed by atoms with Crippen LogP contribution in [-0.4, -0.2) is 72.9 Å². The van der Waals surface area contributed by atoms with Crippen LogP contribution in [0.3, 0.4) is 0 Å². The Morgan fingerprint density at radius 3 is 0.780 bits per heavy atom. The summed E-state index contributed by atoms with van der Waals surface area (Å²) >= 11 is 5.27. The molecule has 0 saturated carbocycles. The summed E-state index contributed by atoms with van der Waals surface area (Å²) in [4.78, 5) is 0. The first kappa shape index (κ1) is 44.9. The van der Waals surface area contributed by atoms with Gasteiger partial charge in [-0.2, -0.15) is 0 Å². The third-order valence-corrected chi connectivity index (χ3v) is 8.51. The fourth-order valence-electron chi connectivity index (χ4n) is 4.80. The number of hydrogen-bond donors (Lipinski definition) is 2. The van der Waals surface area contributed by atoms with E-state index in [1.807, 2.05) is 72.8 Å². The number of halogens is 1. The summed E-state index contributed by atoms with van der Waals surface area (Å²) in [6.07, 6.45) is 0.891. The first-order valence-electron chi connectivity index (χ1n) is 18.3. The number of aromatic hydroxyl groups is 2.